The Kier molecular flexibility index (Phi) is 3.64. The van der Waals surface area contributed by atoms with Crippen molar-refractivity contribution in [1.82, 2.24) is 0 Å². The minimum atomic E-state index is -3.58. The molecular formula is C6H12NO4P. The first-order chi connectivity index (χ1) is 5.27. The van der Waals surface area contributed by atoms with Crippen LogP contribution in [0.5, 0.6) is 0 Å². The number of carboxylic acids is 1. The Labute approximate surface area is 70.3 Å². The number of hydrogen-bond acceptors (Lipinski definition) is 3. The molecule has 6 heteroatoms. The van der Waals surface area contributed by atoms with Crippen molar-refractivity contribution < 1.29 is 19.4 Å². The lowest BCUT2D eigenvalue weighted by Crippen LogP contribution is -2.19. The highest BCUT2D eigenvalue weighted by Gasteiger charge is 2.26. The van der Waals surface area contributed by atoms with Crippen LogP contribution in [-0.2, 0) is 9.36 Å². The minimum Gasteiger partial charge on any atom is -0.478 e. The molecule has 0 aliphatic heterocycles. The molecule has 0 amide bonds. The summed E-state index contributed by atoms with van der Waals surface area (Å²) in [6, 6.07) is 0. The third kappa shape index (κ3) is 3.17. The zero-order valence-electron chi connectivity index (χ0n) is 6.73. The van der Waals surface area contributed by atoms with Crippen molar-refractivity contribution in [3.05, 3.63) is 12.2 Å². The maximum absolute atomic E-state index is 11.1. The molecule has 0 spiro atoms. The highest BCUT2D eigenvalue weighted by molar-refractivity contribution is 7.58. The number of aliphatic carboxylic acids is 1. The van der Waals surface area contributed by atoms with E-state index in [1.54, 1.807) is 0 Å². The third-order valence-corrected chi connectivity index (χ3v) is 3.46. The Hall–Kier alpha value is -0.640. The lowest BCUT2D eigenvalue weighted by atomic mass is 10.4. The summed E-state index contributed by atoms with van der Waals surface area (Å²) >= 11 is 0. The van der Waals surface area contributed by atoms with Gasteiger partial charge in [-0.25, -0.2) is 4.79 Å². The largest absolute Gasteiger partial charge is 0.478 e. The number of rotatable bonds is 4. The van der Waals surface area contributed by atoms with Crippen LogP contribution in [0, 0.1) is 0 Å². The molecule has 0 saturated carbocycles. The van der Waals surface area contributed by atoms with E-state index in [0.29, 0.717) is 0 Å². The van der Waals surface area contributed by atoms with E-state index in [1.807, 2.05) is 0 Å². The van der Waals surface area contributed by atoms with Gasteiger partial charge in [-0.1, -0.05) is 6.58 Å². The molecule has 70 valence electrons. The molecule has 0 saturated heterocycles. The molecular weight excluding hydrogens is 181 g/mol. The van der Waals surface area contributed by atoms with Gasteiger partial charge in [0.15, 0.2) is 0 Å². The zero-order chi connectivity index (χ0) is 9.94. The summed E-state index contributed by atoms with van der Waals surface area (Å²) in [5.74, 6) is -2.20. The minimum absolute atomic E-state index is 0.293. The fourth-order valence-corrected chi connectivity index (χ4v) is 1.46. The molecule has 0 aromatic rings. The van der Waals surface area contributed by atoms with E-state index >= 15 is 0 Å². The number of hydrogen-bond donors (Lipinski definition) is 3. The standard InChI is InChI=1S/C6H12NO4P/c1-4(6(8)9)3-12(10,11)5(2)7/h5H,1,3,7H2,2H3,(H,8,9)(H,10,11). The summed E-state index contributed by atoms with van der Waals surface area (Å²) in [5.41, 5.74) is 4.88. The van der Waals surface area contributed by atoms with Crippen LogP contribution in [0.3, 0.4) is 0 Å². The smallest absolute Gasteiger partial charge is 0.331 e. The van der Waals surface area contributed by atoms with Gasteiger partial charge in [0.25, 0.3) is 0 Å². The van der Waals surface area contributed by atoms with Crippen LogP contribution in [0.15, 0.2) is 12.2 Å². The summed E-state index contributed by atoms with van der Waals surface area (Å²) in [4.78, 5) is 19.3. The topological polar surface area (TPSA) is 101 Å². The van der Waals surface area contributed by atoms with Crippen molar-refractivity contribution in [3.63, 3.8) is 0 Å². The Morgan fingerprint density at radius 2 is 2.17 bits per heavy atom. The molecule has 2 unspecified atom stereocenters. The fraction of sp³-hybridized carbons (Fsp3) is 0.500. The van der Waals surface area contributed by atoms with E-state index in [-0.39, 0.29) is 5.57 Å². The molecule has 4 N–H and O–H groups in total. The second-order valence-corrected chi connectivity index (χ2v) is 5.21. The van der Waals surface area contributed by atoms with Gasteiger partial charge >= 0.3 is 5.97 Å². The Morgan fingerprint density at radius 1 is 1.75 bits per heavy atom. The van der Waals surface area contributed by atoms with Gasteiger partial charge < -0.3 is 15.7 Å². The average Bonchev–Trinajstić information content (AvgIpc) is 1.85. The van der Waals surface area contributed by atoms with Crippen molar-refractivity contribution in [3.8, 4) is 0 Å². The maximum atomic E-state index is 11.1. The highest BCUT2D eigenvalue weighted by Crippen LogP contribution is 2.44. The molecule has 2 atom stereocenters. The molecule has 0 radical (unpaired) electrons. The van der Waals surface area contributed by atoms with Crippen molar-refractivity contribution in [2.45, 2.75) is 12.7 Å². The van der Waals surface area contributed by atoms with Crippen LogP contribution in [-0.4, -0.2) is 27.9 Å². The normalized spacial score (nSPS) is 17.9. The predicted molar refractivity (Wildman–Crippen MR) is 45.1 cm³/mol. The van der Waals surface area contributed by atoms with E-state index in [1.165, 1.54) is 6.92 Å². The van der Waals surface area contributed by atoms with E-state index in [4.69, 9.17) is 15.7 Å². The second kappa shape index (κ2) is 3.85. The molecule has 0 heterocycles. The summed E-state index contributed by atoms with van der Waals surface area (Å²) < 4.78 is 11.1. The molecule has 0 aliphatic rings. The van der Waals surface area contributed by atoms with Gasteiger partial charge in [-0.15, -0.1) is 0 Å². The zero-order valence-corrected chi connectivity index (χ0v) is 7.62. The van der Waals surface area contributed by atoms with E-state index < -0.39 is 25.3 Å². The first kappa shape index (κ1) is 11.4. The van der Waals surface area contributed by atoms with Crippen LogP contribution < -0.4 is 5.73 Å². The molecule has 0 fully saturated rings. The van der Waals surface area contributed by atoms with Gasteiger partial charge in [0.05, 0.1) is 11.9 Å². The van der Waals surface area contributed by atoms with Gasteiger partial charge in [-0.2, -0.15) is 0 Å². The van der Waals surface area contributed by atoms with Crippen LogP contribution in [0.25, 0.3) is 0 Å². The molecule has 0 aliphatic carbocycles. The Bertz CT molecular complexity index is 248. The van der Waals surface area contributed by atoms with Crippen LogP contribution in [0.2, 0.25) is 0 Å². The van der Waals surface area contributed by atoms with Crippen molar-refractivity contribution >= 4 is 13.3 Å². The highest BCUT2D eigenvalue weighted by atomic mass is 31.2. The summed E-state index contributed by atoms with van der Waals surface area (Å²) in [5, 5.41) is 8.35. The van der Waals surface area contributed by atoms with Gasteiger partial charge in [0, 0.05) is 5.57 Å². The van der Waals surface area contributed by atoms with Crippen molar-refractivity contribution in [2.75, 3.05) is 6.16 Å². The van der Waals surface area contributed by atoms with E-state index in [2.05, 4.69) is 6.58 Å². The van der Waals surface area contributed by atoms with Crippen LogP contribution >= 0.6 is 7.37 Å². The van der Waals surface area contributed by atoms with Gasteiger partial charge in [0.2, 0.25) is 7.37 Å². The predicted octanol–water partition coefficient (Wildman–Crippen LogP) is 0.202. The first-order valence-electron chi connectivity index (χ1n) is 3.25. The second-order valence-electron chi connectivity index (χ2n) is 2.56. The summed E-state index contributed by atoms with van der Waals surface area (Å²) in [6.45, 7) is 4.49. The Balaban J connectivity index is 4.36. The lowest BCUT2D eigenvalue weighted by Gasteiger charge is -2.14. The van der Waals surface area contributed by atoms with Crippen LogP contribution in [0.1, 0.15) is 6.92 Å². The summed E-state index contributed by atoms with van der Waals surface area (Å²) in [7, 11) is -3.58. The Morgan fingerprint density at radius 3 is 2.42 bits per heavy atom. The number of carboxylic acid groups (broad SMARTS) is 1. The molecule has 12 heavy (non-hydrogen) atoms. The first-order valence-corrected chi connectivity index (χ1v) is 5.17. The molecule has 0 bridgehead atoms. The number of nitrogens with two attached hydrogens (primary N) is 1. The molecule has 0 aromatic carbocycles. The molecule has 5 nitrogen and oxygen atoms in total. The SMILES string of the molecule is C=C(CP(=O)(O)C(C)N)C(=O)O. The molecule has 0 aromatic heterocycles. The van der Waals surface area contributed by atoms with Crippen molar-refractivity contribution in [2.24, 2.45) is 5.73 Å². The maximum Gasteiger partial charge on any atom is 0.331 e. The average molecular weight is 193 g/mol. The summed E-state index contributed by atoms with van der Waals surface area (Å²) in [6.07, 6.45) is -0.458. The van der Waals surface area contributed by atoms with Gasteiger partial charge in [-0.05, 0) is 6.92 Å². The van der Waals surface area contributed by atoms with E-state index in [0.717, 1.165) is 0 Å². The number of carbonyl (C=O) groups is 1. The van der Waals surface area contributed by atoms with Gasteiger partial charge in [-0.3, -0.25) is 4.57 Å². The quantitative estimate of drug-likeness (QED) is 0.437. The fourth-order valence-electron chi connectivity index (χ4n) is 0.485. The van der Waals surface area contributed by atoms with Crippen LogP contribution in [0.4, 0.5) is 0 Å². The van der Waals surface area contributed by atoms with Crippen molar-refractivity contribution in [1.29, 1.82) is 0 Å². The lowest BCUT2D eigenvalue weighted by molar-refractivity contribution is -0.132. The third-order valence-electron chi connectivity index (χ3n) is 1.36. The van der Waals surface area contributed by atoms with Gasteiger partial charge in [0.1, 0.15) is 0 Å². The van der Waals surface area contributed by atoms with E-state index in [9.17, 15) is 9.36 Å². The molecule has 0 rings (SSSR count). The monoisotopic (exact) mass is 193 g/mol.